The summed E-state index contributed by atoms with van der Waals surface area (Å²) < 4.78 is 48.6. The zero-order chi connectivity index (χ0) is 24.8. The average molecular weight is 488 g/mol. The second-order valence-electron chi connectivity index (χ2n) is 9.92. The number of ether oxygens (including phenoxy) is 2. The first-order chi connectivity index (χ1) is 15.1. The van der Waals surface area contributed by atoms with Crippen molar-refractivity contribution in [3.05, 3.63) is 39.6 Å². The summed E-state index contributed by atoms with van der Waals surface area (Å²) in [7, 11) is 0. The van der Waals surface area contributed by atoms with E-state index in [2.05, 4.69) is 5.32 Å². The van der Waals surface area contributed by atoms with Crippen LogP contribution < -0.4 is 5.32 Å². The molecule has 1 amide bonds. The molecule has 1 spiro atoms. The summed E-state index contributed by atoms with van der Waals surface area (Å²) in [4.78, 5) is 26.1. The molecule has 1 aliphatic carbocycles. The summed E-state index contributed by atoms with van der Waals surface area (Å²) in [6.45, 7) is 7.48. The van der Waals surface area contributed by atoms with Gasteiger partial charge in [0.15, 0.2) is 0 Å². The van der Waals surface area contributed by atoms with Crippen molar-refractivity contribution in [3.8, 4) is 0 Å². The Labute approximate surface area is 196 Å². The van der Waals surface area contributed by atoms with Gasteiger partial charge in [-0.25, -0.2) is 0 Å². The lowest BCUT2D eigenvalue weighted by atomic mass is 9.78. The smallest absolute Gasteiger partial charge is 0.411 e. The van der Waals surface area contributed by atoms with Crippen molar-refractivity contribution < 1.29 is 32.2 Å². The first-order valence-corrected chi connectivity index (χ1v) is 11.3. The number of rotatable bonds is 4. The molecular weight excluding hydrogens is 459 g/mol. The molecule has 1 saturated carbocycles. The normalized spacial score (nSPS) is 23.8. The molecule has 0 unspecified atom stereocenters. The van der Waals surface area contributed by atoms with E-state index in [1.807, 2.05) is 13.8 Å². The van der Waals surface area contributed by atoms with E-state index in [-0.39, 0.29) is 17.2 Å². The van der Waals surface area contributed by atoms with Crippen LogP contribution in [-0.4, -0.2) is 36.3 Å². The van der Waals surface area contributed by atoms with E-state index >= 15 is 0 Å². The second-order valence-corrected chi connectivity index (χ2v) is 10.4. The molecule has 182 valence electrons. The monoisotopic (exact) mass is 487 g/mol. The Morgan fingerprint density at radius 3 is 2.18 bits per heavy atom. The Bertz CT molecular complexity index is 963. The third-order valence-corrected chi connectivity index (χ3v) is 6.28. The predicted molar refractivity (Wildman–Crippen MR) is 119 cm³/mol. The van der Waals surface area contributed by atoms with Crippen LogP contribution in [0, 0.1) is 19.3 Å². The maximum atomic E-state index is 13.2. The second kappa shape index (κ2) is 8.95. The topological polar surface area (TPSA) is 64.6 Å². The lowest BCUT2D eigenvalue weighted by molar-refractivity contribution is -0.189. The molecule has 0 radical (unpaired) electrons. The third kappa shape index (κ3) is 5.54. The highest BCUT2D eigenvalue weighted by atomic mass is 35.5. The average Bonchev–Trinajstić information content (AvgIpc) is 2.91. The number of carbonyl (C=O) groups is 2. The van der Waals surface area contributed by atoms with Crippen LogP contribution >= 0.6 is 11.6 Å². The molecule has 1 heterocycles. The van der Waals surface area contributed by atoms with Gasteiger partial charge in [0.2, 0.25) is 0 Å². The van der Waals surface area contributed by atoms with E-state index in [0.717, 1.165) is 11.1 Å². The fourth-order valence-corrected chi connectivity index (χ4v) is 4.75. The highest BCUT2D eigenvalue weighted by Crippen LogP contribution is 2.46. The summed E-state index contributed by atoms with van der Waals surface area (Å²) in [6.07, 6.45) is -3.82. The molecule has 1 aliphatic heterocycles. The Hall–Kier alpha value is -2.06. The van der Waals surface area contributed by atoms with Gasteiger partial charge in [-0.15, -0.1) is 0 Å². The minimum absolute atomic E-state index is 0.232. The number of hydrogen-bond donors (Lipinski definition) is 1. The summed E-state index contributed by atoms with van der Waals surface area (Å²) in [5.74, 6) is -0.643. The first kappa shape index (κ1) is 25.6. The quantitative estimate of drug-likeness (QED) is 0.557. The van der Waals surface area contributed by atoms with Gasteiger partial charge in [-0.3, -0.25) is 9.59 Å². The molecule has 0 aromatic heterocycles. The van der Waals surface area contributed by atoms with Gasteiger partial charge in [-0.05, 0) is 89.1 Å². The maximum Gasteiger partial charge on any atom is 0.411 e. The Balaban J connectivity index is 2.02. The van der Waals surface area contributed by atoms with Crippen LogP contribution in [0.3, 0.4) is 0 Å². The molecule has 3 rings (SSSR count). The molecule has 33 heavy (non-hydrogen) atoms. The van der Waals surface area contributed by atoms with Crippen molar-refractivity contribution >= 4 is 29.1 Å². The third-order valence-electron chi connectivity index (χ3n) is 6.07. The van der Waals surface area contributed by atoms with Crippen LogP contribution in [0.5, 0.6) is 0 Å². The van der Waals surface area contributed by atoms with E-state index in [1.165, 1.54) is 0 Å². The summed E-state index contributed by atoms with van der Waals surface area (Å²) >= 11 is 6.17. The van der Waals surface area contributed by atoms with Crippen molar-refractivity contribution in [2.45, 2.75) is 78.1 Å². The van der Waals surface area contributed by atoms with E-state index in [4.69, 9.17) is 21.1 Å². The fourth-order valence-electron chi connectivity index (χ4n) is 4.42. The van der Waals surface area contributed by atoms with E-state index in [9.17, 15) is 22.8 Å². The van der Waals surface area contributed by atoms with Crippen LogP contribution in [0.25, 0.3) is 5.57 Å². The number of esters is 1. The minimum atomic E-state index is -4.40. The van der Waals surface area contributed by atoms with Crippen LogP contribution in [-0.2, 0) is 19.1 Å². The van der Waals surface area contributed by atoms with E-state index < -0.39 is 35.8 Å². The number of alkyl halides is 3. The van der Waals surface area contributed by atoms with Crippen LogP contribution in [0.4, 0.5) is 13.2 Å². The van der Waals surface area contributed by atoms with Gasteiger partial charge in [0.1, 0.15) is 12.4 Å². The number of nitrogens with one attached hydrogen (secondary N) is 1. The van der Waals surface area contributed by atoms with Gasteiger partial charge in [0.05, 0.1) is 22.6 Å². The lowest BCUT2D eigenvalue weighted by Gasteiger charge is -2.38. The Kier molecular flexibility index (Phi) is 6.93. The molecule has 1 aromatic rings. The van der Waals surface area contributed by atoms with Crippen molar-refractivity contribution in [1.82, 2.24) is 5.32 Å². The molecule has 9 heteroatoms. The highest BCUT2D eigenvalue weighted by Gasteiger charge is 2.51. The van der Waals surface area contributed by atoms with E-state index in [0.29, 0.717) is 36.3 Å². The molecule has 1 aromatic carbocycles. The molecule has 0 bridgehead atoms. The molecule has 1 N–H and O–H groups in total. The minimum Gasteiger partial charge on any atom is -0.427 e. The SMILES string of the molecule is Cc1cc(Cl)cc(C)c1C1=C(OC(=O)C(C)(C)C)C2(CCC(OCC(F)(F)F)CC2)NC1=O. The molecule has 0 saturated heterocycles. The Morgan fingerprint density at radius 2 is 1.70 bits per heavy atom. The highest BCUT2D eigenvalue weighted by molar-refractivity contribution is 6.31. The van der Waals surface area contributed by atoms with Gasteiger partial charge < -0.3 is 14.8 Å². The summed E-state index contributed by atoms with van der Waals surface area (Å²) in [6, 6.07) is 3.47. The van der Waals surface area contributed by atoms with Crippen molar-refractivity contribution in [2.24, 2.45) is 5.41 Å². The van der Waals surface area contributed by atoms with Crippen LogP contribution in [0.1, 0.15) is 63.1 Å². The number of hydrogen-bond acceptors (Lipinski definition) is 4. The summed E-state index contributed by atoms with van der Waals surface area (Å²) in [5, 5.41) is 3.51. The maximum absolute atomic E-state index is 13.2. The number of halogens is 4. The molecular formula is C24H29ClF3NO4. The first-order valence-electron chi connectivity index (χ1n) is 10.9. The van der Waals surface area contributed by atoms with Gasteiger partial charge in [-0.2, -0.15) is 13.2 Å². The molecule has 5 nitrogen and oxygen atoms in total. The van der Waals surface area contributed by atoms with E-state index in [1.54, 1.807) is 32.9 Å². The number of amides is 1. The number of benzene rings is 1. The zero-order valence-corrected chi connectivity index (χ0v) is 20.2. The van der Waals surface area contributed by atoms with Gasteiger partial charge >= 0.3 is 12.1 Å². The van der Waals surface area contributed by atoms with Gasteiger partial charge in [0, 0.05) is 5.02 Å². The van der Waals surface area contributed by atoms with Gasteiger partial charge in [0.25, 0.3) is 5.91 Å². The number of carbonyl (C=O) groups excluding carboxylic acids is 2. The van der Waals surface area contributed by atoms with Gasteiger partial charge in [-0.1, -0.05) is 11.6 Å². The van der Waals surface area contributed by atoms with Crippen molar-refractivity contribution in [1.29, 1.82) is 0 Å². The van der Waals surface area contributed by atoms with Crippen molar-refractivity contribution in [2.75, 3.05) is 6.61 Å². The Morgan fingerprint density at radius 1 is 1.15 bits per heavy atom. The zero-order valence-electron chi connectivity index (χ0n) is 19.4. The van der Waals surface area contributed by atoms with Crippen LogP contribution in [0.2, 0.25) is 5.02 Å². The van der Waals surface area contributed by atoms with Crippen molar-refractivity contribution in [3.63, 3.8) is 0 Å². The summed E-state index contributed by atoms with van der Waals surface area (Å²) in [5.41, 5.74) is 0.628. The predicted octanol–water partition coefficient (Wildman–Crippen LogP) is 5.65. The largest absolute Gasteiger partial charge is 0.427 e. The number of aryl methyl sites for hydroxylation is 2. The molecule has 1 fully saturated rings. The molecule has 2 aliphatic rings. The standard InChI is InChI=1S/C24H29ClF3NO4/c1-13-10-15(25)11-14(2)17(13)18-19(33-21(31)22(3,4)5)23(29-20(18)30)8-6-16(7-9-23)32-12-24(26,27)28/h10-11,16H,6-9,12H2,1-5H3,(H,29,30). The molecule has 0 atom stereocenters. The fraction of sp³-hybridized carbons (Fsp3) is 0.583. The van der Waals surface area contributed by atoms with Crippen LogP contribution in [0.15, 0.2) is 17.9 Å². The lowest BCUT2D eigenvalue weighted by Crippen LogP contribution is -2.49.